The minimum Gasteiger partial charge on any atom is -0.326 e. The molecule has 0 fully saturated rings. The van der Waals surface area contributed by atoms with Gasteiger partial charge in [0, 0.05) is 18.4 Å². The predicted octanol–water partition coefficient (Wildman–Crippen LogP) is 3.77. The molecule has 104 valence electrons. The SMILES string of the molecule is Cc1cc(-c2ccc3c(c2)CCC=C3CN)ccn1.Cl. The normalized spacial score (nSPS) is 13.2. The van der Waals surface area contributed by atoms with Crippen LogP contribution in [-0.2, 0) is 6.42 Å². The van der Waals surface area contributed by atoms with E-state index in [0.717, 1.165) is 18.5 Å². The number of halogens is 1. The minimum atomic E-state index is 0. The van der Waals surface area contributed by atoms with Gasteiger partial charge in [0.25, 0.3) is 0 Å². The summed E-state index contributed by atoms with van der Waals surface area (Å²) in [5, 5.41) is 0. The van der Waals surface area contributed by atoms with Gasteiger partial charge in [0.05, 0.1) is 0 Å². The summed E-state index contributed by atoms with van der Waals surface area (Å²) in [5.41, 5.74) is 13.4. The molecular formula is C17H19ClN2. The number of nitrogens with zero attached hydrogens (tertiary/aromatic N) is 1. The summed E-state index contributed by atoms with van der Waals surface area (Å²) < 4.78 is 0. The minimum absolute atomic E-state index is 0. The van der Waals surface area contributed by atoms with Crippen molar-refractivity contribution >= 4 is 18.0 Å². The zero-order valence-electron chi connectivity index (χ0n) is 11.6. The number of aromatic nitrogens is 1. The molecular weight excluding hydrogens is 268 g/mol. The lowest BCUT2D eigenvalue weighted by atomic mass is 9.88. The molecule has 1 heterocycles. The van der Waals surface area contributed by atoms with Crippen molar-refractivity contribution in [2.75, 3.05) is 6.54 Å². The van der Waals surface area contributed by atoms with Gasteiger partial charge in [-0.1, -0.05) is 24.3 Å². The highest BCUT2D eigenvalue weighted by molar-refractivity contribution is 5.85. The van der Waals surface area contributed by atoms with E-state index in [1.807, 2.05) is 13.1 Å². The summed E-state index contributed by atoms with van der Waals surface area (Å²) in [7, 11) is 0. The predicted molar refractivity (Wildman–Crippen MR) is 87.0 cm³/mol. The molecule has 0 saturated carbocycles. The molecule has 2 nitrogen and oxygen atoms in total. The van der Waals surface area contributed by atoms with Gasteiger partial charge in [0.15, 0.2) is 0 Å². The van der Waals surface area contributed by atoms with Crippen LogP contribution in [0.4, 0.5) is 0 Å². The molecule has 0 spiro atoms. The molecule has 0 unspecified atom stereocenters. The van der Waals surface area contributed by atoms with Crippen molar-refractivity contribution in [2.24, 2.45) is 5.73 Å². The first kappa shape index (κ1) is 14.8. The van der Waals surface area contributed by atoms with Crippen molar-refractivity contribution < 1.29 is 0 Å². The third-order valence-electron chi connectivity index (χ3n) is 3.71. The van der Waals surface area contributed by atoms with Gasteiger partial charge in [-0.2, -0.15) is 0 Å². The number of hydrogen-bond acceptors (Lipinski definition) is 2. The van der Waals surface area contributed by atoms with Gasteiger partial charge in [-0.25, -0.2) is 0 Å². The zero-order chi connectivity index (χ0) is 13.2. The number of rotatable bonds is 2. The van der Waals surface area contributed by atoms with Crippen LogP contribution in [0.5, 0.6) is 0 Å². The average molecular weight is 287 g/mol. The molecule has 20 heavy (non-hydrogen) atoms. The molecule has 0 atom stereocenters. The fourth-order valence-corrected chi connectivity index (χ4v) is 2.72. The van der Waals surface area contributed by atoms with E-state index in [1.165, 1.54) is 27.8 Å². The topological polar surface area (TPSA) is 38.9 Å². The Morgan fingerprint density at radius 2 is 1.95 bits per heavy atom. The van der Waals surface area contributed by atoms with Crippen molar-refractivity contribution in [3.8, 4) is 11.1 Å². The van der Waals surface area contributed by atoms with E-state index in [-0.39, 0.29) is 12.4 Å². The first-order valence-electron chi connectivity index (χ1n) is 6.73. The number of benzene rings is 1. The lowest BCUT2D eigenvalue weighted by molar-refractivity contribution is 0.967. The Bertz CT molecular complexity index is 647. The molecule has 2 aromatic rings. The van der Waals surface area contributed by atoms with Crippen LogP contribution in [0.1, 0.15) is 23.2 Å². The van der Waals surface area contributed by atoms with Crippen LogP contribution in [0.2, 0.25) is 0 Å². The Labute approximate surface area is 126 Å². The van der Waals surface area contributed by atoms with E-state index < -0.39 is 0 Å². The Morgan fingerprint density at radius 1 is 1.15 bits per heavy atom. The molecule has 3 rings (SSSR count). The Hall–Kier alpha value is -1.64. The second-order valence-electron chi connectivity index (χ2n) is 5.03. The van der Waals surface area contributed by atoms with E-state index in [1.54, 1.807) is 0 Å². The molecule has 1 aromatic heterocycles. The van der Waals surface area contributed by atoms with Gasteiger partial charge < -0.3 is 5.73 Å². The van der Waals surface area contributed by atoms with Crippen LogP contribution in [0.15, 0.2) is 42.6 Å². The van der Waals surface area contributed by atoms with Gasteiger partial charge in [-0.3, -0.25) is 4.98 Å². The van der Waals surface area contributed by atoms with Crippen molar-refractivity contribution in [3.63, 3.8) is 0 Å². The third-order valence-corrected chi connectivity index (χ3v) is 3.71. The fraction of sp³-hybridized carbons (Fsp3) is 0.235. The summed E-state index contributed by atoms with van der Waals surface area (Å²) in [4.78, 5) is 4.25. The smallest absolute Gasteiger partial charge is 0.0378 e. The lowest BCUT2D eigenvalue weighted by Gasteiger charge is -2.18. The van der Waals surface area contributed by atoms with Crippen LogP contribution >= 0.6 is 12.4 Å². The third kappa shape index (κ3) is 2.77. The molecule has 0 aliphatic heterocycles. The maximum Gasteiger partial charge on any atom is 0.0378 e. The molecule has 1 aromatic carbocycles. The van der Waals surface area contributed by atoms with Gasteiger partial charge in [-0.15, -0.1) is 12.4 Å². The molecule has 0 bridgehead atoms. The Kier molecular flexibility index (Phi) is 4.58. The van der Waals surface area contributed by atoms with E-state index >= 15 is 0 Å². The second kappa shape index (κ2) is 6.21. The first-order valence-corrected chi connectivity index (χ1v) is 6.73. The summed E-state index contributed by atoms with van der Waals surface area (Å²) in [6, 6.07) is 10.9. The summed E-state index contributed by atoms with van der Waals surface area (Å²) >= 11 is 0. The monoisotopic (exact) mass is 286 g/mol. The van der Waals surface area contributed by atoms with Crippen LogP contribution in [0, 0.1) is 6.92 Å². The molecule has 2 N–H and O–H groups in total. The molecule has 0 radical (unpaired) electrons. The Morgan fingerprint density at radius 3 is 2.70 bits per heavy atom. The molecule has 3 heteroatoms. The second-order valence-corrected chi connectivity index (χ2v) is 5.03. The molecule has 1 aliphatic rings. The number of pyridine rings is 1. The maximum atomic E-state index is 5.81. The standard InChI is InChI=1S/C17H18N2.ClH/c1-12-9-14(7-8-19-12)13-5-6-17-15(10-13)3-2-4-16(17)11-18;/h4-10H,2-3,11,18H2,1H3;1H. The van der Waals surface area contributed by atoms with E-state index in [2.05, 4.69) is 41.4 Å². The molecule has 0 amide bonds. The zero-order valence-corrected chi connectivity index (χ0v) is 12.4. The van der Waals surface area contributed by atoms with Gasteiger partial charge in [0.2, 0.25) is 0 Å². The van der Waals surface area contributed by atoms with Gasteiger partial charge in [0.1, 0.15) is 0 Å². The van der Waals surface area contributed by atoms with Crippen LogP contribution < -0.4 is 5.73 Å². The van der Waals surface area contributed by atoms with Crippen molar-refractivity contribution in [1.82, 2.24) is 4.98 Å². The first-order chi connectivity index (χ1) is 9.28. The van der Waals surface area contributed by atoms with E-state index in [0.29, 0.717) is 6.54 Å². The summed E-state index contributed by atoms with van der Waals surface area (Å²) in [5.74, 6) is 0. The van der Waals surface area contributed by atoms with Crippen molar-refractivity contribution in [2.45, 2.75) is 19.8 Å². The van der Waals surface area contributed by atoms with Crippen LogP contribution in [0.25, 0.3) is 16.7 Å². The number of allylic oxidation sites excluding steroid dienone is 1. The molecule has 1 aliphatic carbocycles. The fourth-order valence-electron chi connectivity index (χ4n) is 2.72. The average Bonchev–Trinajstić information content (AvgIpc) is 2.46. The number of fused-ring (bicyclic) bond motifs is 1. The van der Waals surface area contributed by atoms with Crippen molar-refractivity contribution in [1.29, 1.82) is 0 Å². The highest BCUT2D eigenvalue weighted by Crippen LogP contribution is 2.30. The maximum absolute atomic E-state index is 5.81. The van der Waals surface area contributed by atoms with E-state index in [9.17, 15) is 0 Å². The van der Waals surface area contributed by atoms with Crippen molar-refractivity contribution in [3.05, 3.63) is 59.4 Å². The van der Waals surface area contributed by atoms with Crippen LogP contribution in [-0.4, -0.2) is 11.5 Å². The Balaban J connectivity index is 0.00000147. The lowest BCUT2D eigenvalue weighted by Crippen LogP contribution is -2.08. The van der Waals surface area contributed by atoms with Gasteiger partial charge >= 0.3 is 0 Å². The van der Waals surface area contributed by atoms with Gasteiger partial charge in [-0.05, 0) is 59.7 Å². The quantitative estimate of drug-likeness (QED) is 0.913. The largest absolute Gasteiger partial charge is 0.326 e. The number of hydrogen-bond donors (Lipinski definition) is 1. The summed E-state index contributed by atoms with van der Waals surface area (Å²) in [6.07, 6.45) is 6.34. The van der Waals surface area contributed by atoms with E-state index in [4.69, 9.17) is 5.73 Å². The highest BCUT2D eigenvalue weighted by atomic mass is 35.5. The number of nitrogens with two attached hydrogens (primary N) is 1. The number of aryl methyl sites for hydroxylation is 2. The summed E-state index contributed by atoms with van der Waals surface area (Å²) in [6.45, 7) is 2.65. The molecule has 0 saturated heterocycles. The van der Waals surface area contributed by atoms with Crippen LogP contribution in [0.3, 0.4) is 0 Å². The highest BCUT2D eigenvalue weighted by Gasteiger charge is 2.12.